The van der Waals surface area contributed by atoms with E-state index >= 15 is 0 Å². The third-order valence-corrected chi connectivity index (χ3v) is 3.68. The number of carbonyl (C=O) groups is 2. The second-order valence-corrected chi connectivity index (χ2v) is 5.08. The van der Waals surface area contributed by atoms with Gasteiger partial charge in [0.1, 0.15) is 0 Å². The van der Waals surface area contributed by atoms with Crippen molar-refractivity contribution in [2.75, 3.05) is 6.54 Å². The minimum absolute atomic E-state index is 0.0861. The van der Waals surface area contributed by atoms with E-state index in [0.717, 1.165) is 32.2 Å². The molecule has 1 aliphatic rings. The summed E-state index contributed by atoms with van der Waals surface area (Å²) in [6.45, 7) is 2.80. The first-order valence-electron chi connectivity index (χ1n) is 7.12. The number of Topliss-reactive ketones (excluding diaryl/α,β-unsaturated/α-hetero) is 1. The third kappa shape index (κ3) is 3.22. The summed E-state index contributed by atoms with van der Waals surface area (Å²) in [4.78, 5) is 26.3. The zero-order chi connectivity index (χ0) is 13.7. The summed E-state index contributed by atoms with van der Waals surface area (Å²) in [7, 11) is 0. The van der Waals surface area contributed by atoms with Crippen LogP contribution in [0.4, 0.5) is 0 Å². The van der Waals surface area contributed by atoms with Crippen molar-refractivity contribution in [1.29, 1.82) is 0 Å². The number of nitrogens with zero attached hydrogens (tertiary/aromatic N) is 1. The van der Waals surface area contributed by atoms with Crippen LogP contribution < -0.4 is 0 Å². The summed E-state index contributed by atoms with van der Waals surface area (Å²) in [5.74, 6) is 0.219. The Morgan fingerprint density at radius 1 is 1.26 bits per heavy atom. The molecule has 1 aromatic carbocycles. The fraction of sp³-hybridized carbons (Fsp3) is 0.500. The standard InChI is InChI=1S/C16H21NO2/c1-2-3-11-15(18)17-12-7-10-14(17)16(19)13-8-5-4-6-9-13/h4-6,8-9,14H,2-3,7,10-12H2,1H3. The SMILES string of the molecule is CCCCC(=O)N1CCCC1C(=O)c1ccccc1. The van der Waals surface area contributed by atoms with E-state index in [1.165, 1.54) is 0 Å². The van der Waals surface area contributed by atoms with Crippen LogP contribution >= 0.6 is 0 Å². The summed E-state index contributed by atoms with van der Waals surface area (Å²) < 4.78 is 0. The van der Waals surface area contributed by atoms with Gasteiger partial charge in [0.25, 0.3) is 0 Å². The Labute approximate surface area is 114 Å². The lowest BCUT2D eigenvalue weighted by Crippen LogP contribution is -2.40. The zero-order valence-electron chi connectivity index (χ0n) is 11.5. The Morgan fingerprint density at radius 2 is 2.00 bits per heavy atom. The average molecular weight is 259 g/mol. The molecule has 0 radical (unpaired) electrons. The smallest absolute Gasteiger partial charge is 0.223 e. The summed E-state index contributed by atoms with van der Waals surface area (Å²) >= 11 is 0. The van der Waals surface area contributed by atoms with E-state index in [9.17, 15) is 9.59 Å². The molecule has 1 heterocycles. The molecular weight excluding hydrogens is 238 g/mol. The number of benzene rings is 1. The Morgan fingerprint density at radius 3 is 2.68 bits per heavy atom. The van der Waals surface area contributed by atoms with Crippen molar-refractivity contribution in [3.8, 4) is 0 Å². The van der Waals surface area contributed by atoms with Gasteiger partial charge >= 0.3 is 0 Å². The highest BCUT2D eigenvalue weighted by Crippen LogP contribution is 2.22. The number of hydrogen-bond acceptors (Lipinski definition) is 2. The molecule has 3 nitrogen and oxygen atoms in total. The lowest BCUT2D eigenvalue weighted by molar-refractivity contribution is -0.131. The Balaban J connectivity index is 2.06. The zero-order valence-corrected chi connectivity index (χ0v) is 11.5. The number of hydrogen-bond donors (Lipinski definition) is 0. The van der Waals surface area contributed by atoms with E-state index in [2.05, 4.69) is 6.92 Å². The van der Waals surface area contributed by atoms with Crippen LogP contribution in [0.1, 0.15) is 49.4 Å². The van der Waals surface area contributed by atoms with E-state index in [1.54, 1.807) is 4.90 Å². The average Bonchev–Trinajstić information content (AvgIpc) is 2.94. The second kappa shape index (κ2) is 6.50. The maximum absolute atomic E-state index is 12.4. The fourth-order valence-corrected chi connectivity index (χ4v) is 2.60. The van der Waals surface area contributed by atoms with Gasteiger partial charge in [-0.05, 0) is 19.3 Å². The predicted molar refractivity (Wildman–Crippen MR) is 75.0 cm³/mol. The van der Waals surface area contributed by atoms with Gasteiger partial charge in [-0.1, -0.05) is 43.7 Å². The quantitative estimate of drug-likeness (QED) is 0.762. The third-order valence-electron chi connectivity index (χ3n) is 3.68. The van der Waals surface area contributed by atoms with Crippen molar-refractivity contribution < 1.29 is 9.59 Å². The maximum atomic E-state index is 12.4. The molecule has 0 saturated carbocycles. The van der Waals surface area contributed by atoms with Gasteiger partial charge in [0.05, 0.1) is 6.04 Å². The molecular formula is C16H21NO2. The molecule has 1 amide bonds. The van der Waals surface area contributed by atoms with Crippen LogP contribution in [-0.2, 0) is 4.79 Å². The van der Waals surface area contributed by atoms with Gasteiger partial charge < -0.3 is 4.90 Å². The normalized spacial score (nSPS) is 18.6. The summed E-state index contributed by atoms with van der Waals surface area (Å²) in [5.41, 5.74) is 0.711. The molecule has 1 unspecified atom stereocenters. The highest BCUT2D eigenvalue weighted by Gasteiger charge is 2.33. The van der Waals surface area contributed by atoms with Crippen molar-refractivity contribution in [1.82, 2.24) is 4.90 Å². The Hall–Kier alpha value is -1.64. The molecule has 2 rings (SSSR count). The molecule has 102 valence electrons. The second-order valence-electron chi connectivity index (χ2n) is 5.08. The first-order chi connectivity index (χ1) is 9.24. The lowest BCUT2D eigenvalue weighted by atomic mass is 10.0. The van der Waals surface area contributed by atoms with Crippen LogP contribution in [0.3, 0.4) is 0 Å². The van der Waals surface area contributed by atoms with Crippen molar-refractivity contribution >= 4 is 11.7 Å². The number of amides is 1. The van der Waals surface area contributed by atoms with Gasteiger partial charge in [0.2, 0.25) is 5.91 Å². The van der Waals surface area contributed by atoms with Crippen LogP contribution in [0.25, 0.3) is 0 Å². The first kappa shape index (κ1) is 13.8. The highest BCUT2D eigenvalue weighted by atomic mass is 16.2. The van der Waals surface area contributed by atoms with Crippen LogP contribution in [0.5, 0.6) is 0 Å². The summed E-state index contributed by atoms with van der Waals surface area (Å²) in [5, 5.41) is 0. The molecule has 1 saturated heterocycles. The minimum atomic E-state index is -0.244. The van der Waals surface area contributed by atoms with Gasteiger partial charge in [0, 0.05) is 18.5 Å². The lowest BCUT2D eigenvalue weighted by Gasteiger charge is -2.23. The minimum Gasteiger partial charge on any atom is -0.332 e. The van der Waals surface area contributed by atoms with E-state index in [-0.39, 0.29) is 17.7 Å². The van der Waals surface area contributed by atoms with Gasteiger partial charge in [0.15, 0.2) is 5.78 Å². The topological polar surface area (TPSA) is 37.4 Å². The van der Waals surface area contributed by atoms with Crippen LogP contribution in [-0.4, -0.2) is 29.2 Å². The molecule has 0 spiro atoms. The monoisotopic (exact) mass is 259 g/mol. The van der Waals surface area contributed by atoms with Crippen molar-refractivity contribution in [2.45, 2.75) is 45.1 Å². The number of unbranched alkanes of at least 4 members (excludes halogenated alkanes) is 1. The molecule has 0 aromatic heterocycles. The van der Waals surface area contributed by atoms with Crippen LogP contribution in [0, 0.1) is 0 Å². The van der Waals surface area contributed by atoms with Crippen molar-refractivity contribution in [2.24, 2.45) is 0 Å². The molecule has 3 heteroatoms. The van der Waals surface area contributed by atoms with Gasteiger partial charge in [-0.25, -0.2) is 0 Å². The Kier molecular flexibility index (Phi) is 4.72. The van der Waals surface area contributed by atoms with Crippen LogP contribution in [0.2, 0.25) is 0 Å². The number of ketones is 1. The predicted octanol–water partition coefficient (Wildman–Crippen LogP) is 3.05. The van der Waals surface area contributed by atoms with Gasteiger partial charge in [-0.2, -0.15) is 0 Å². The van der Waals surface area contributed by atoms with Crippen LogP contribution in [0.15, 0.2) is 30.3 Å². The van der Waals surface area contributed by atoms with Gasteiger partial charge in [-0.15, -0.1) is 0 Å². The van der Waals surface area contributed by atoms with E-state index in [4.69, 9.17) is 0 Å². The molecule has 0 bridgehead atoms. The first-order valence-corrected chi connectivity index (χ1v) is 7.12. The number of rotatable bonds is 5. The Bertz CT molecular complexity index is 441. The van der Waals surface area contributed by atoms with E-state index in [1.807, 2.05) is 30.3 Å². The van der Waals surface area contributed by atoms with Crippen molar-refractivity contribution in [3.05, 3.63) is 35.9 Å². The summed E-state index contributed by atoms with van der Waals surface area (Å²) in [6.07, 6.45) is 4.21. The molecule has 1 fully saturated rings. The van der Waals surface area contributed by atoms with E-state index < -0.39 is 0 Å². The molecule has 1 aliphatic heterocycles. The largest absolute Gasteiger partial charge is 0.332 e. The molecule has 1 atom stereocenters. The van der Waals surface area contributed by atoms with Crippen molar-refractivity contribution in [3.63, 3.8) is 0 Å². The molecule has 19 heavy (non-hydrogen) atoms. The fourth-order valence-electron chi connectivity index (χ4n) is 2.60. The highest BCUT2D eigenvalue weighted by molar-refractivity contribution is 6.02. The van der Waals surface area contributed by atoms with E-state index in [0.29, 0.717) is 12.0 Å². The summed E-state index contributed by atoms with van der Waals surface area (Å²) in [6, 6.07) is 9.05. The molecule has 0 N–H and O–H groups in total. The number of carbonyl (C=O) groups excluding carboxylic acids is 2. The molecule has 1 aromatic rings. The van der Waals surface area contributed by atoms with Gasteiger partial charge in [-0.3, -0.25) is 9.59 Å². The number of likely N-dealkylation sites (tertiary alicyclic amines) is 1. The maximum Gasteiger partial charge on any atom is 0.223 e. The molecule has 0 aliphatic carbocycles.